The van der Waals surface area contributed by atoms with Crippen molar-refractivity contribution in [3.63, 3.8) is 0 Å². The number of rotatable bonds is 9. The molecule has 452 valence electrons. The summed E-state index contributed by atoms with van der Waals surface area (Å²) in [6.07, 6.45) is -2.54. The molecule has 2 aliphatic heterocycles. The number of hydrogen-bond acceptors (Lipinski definition) is 14. The van der Waals surface area contributed by atoms with Crippen LogP contribution in [0.1, 0.15) is 120 Å². The number of halogens is 9. The van der Waals surface area contributed by atoms with Gasteiger partial charge in [-0.2, -0.15) is 37.3 Å². The fourth-order valence-electron chi connectivity index (χ4n) is 6.74. The largest absolute Gasteiger partial charge is 1.00 e. The van der Waals surface area contributed by atoms with Crippen molar-refractivity contribution in [1.82, 2.24) is 34.5 Å². The average molecular weight is 1260 g/mol. The van der Waals surface area contributed by atoms with E-state index in [1.807, 2.05) is 20.8 Å². The van der Waals surface area contributed by atoms with E-state index in [2.05, 4.69) is 63.7 Å². The molecule has 2 aromatic carbocycles. The molecule has 3 atom stereocenters. The second kappa shape index (κ2) is 31.1. The molecule has 2 aromatic heterocycles. The Balaban J connectivity index is 0.000000439. The first kappa shape index (κ1) is 73.6. The predicted molar refractivity (Wildman–Crippen MR) is 305 cm³/mol. The van der Waals surface area contributed by atoms with Gasteiger partial charge in [0.15, 0.2) is 4.75 Å². The van der Waals surface area contributed by atoms with Crippen LogP contribution in [0.5, 0.6) is 0 Å². The van der Waals surface area contributed by atoms with Gasteiger partial charge in [0, 0.05) is 88.3 Å². The minimum absolute atomic E-state index is 0. The Labute approximate surface area is 503 Å². The predicted octanol–water partition coefficient (Wildman–Crippen LogP) is 9.43. The zero-order valence-electron chi connectivity index (χ0n) is 48.9. The number of amides is 2. The molecule has 0 radical (unpaired) electrons. The summed E-state index contributed by atoms with van der Waals surface area (Å²) < 4.78 is 148. The van der Waals surface area contributed by atoms with E-state index in [-0.39, 0.29) is 47.6 Å². The molecule has 2 saturated heterocycles. The third kappa shape index (κ3) is 23.2. The average Bonchev–Trinajstić information content (AvgIpc) is 2.46. The second-order valence-corrected chi connectivity index (χ2v) is 27.1. The fourth-order valence-corrected chi connectivity index (χ4v) is 8.54. The molecule has 0 bridgehead atoms. The summed E-state index contributed by atoms with van der Waals surface area (Å²) in [6.45, 7) is 30.1. The molecule has 2 fully saturated rings. The zero-order chi connectivity index (χ0) is 61.5. The first-order chi connectivity index (χ1) is 37.2. The van der Waals surface area contributed by atoms with Gasteiger partial charge >= 0.3 is 43.4 Å². The standard InChI is InChI=1S/C25H34F4N5O3S.C13H19BrN4O2.C12H13F4NOS.C4H9.Li/c1-22(2,3)37-21(35)34-13-11-33(12-14-34)20-30-15-18(16-31-20)24(25(27,28)29,32-38(36)23(4,5)6)17-7-9-19(26)10-8-17;1-13(2,3)20-12(19)18-6-4-17(5-7-18)11-15-8-10(14)9-16-11;1-11(2,3)19(18)17-10(12(14,15)16)8-4-6-9(13)7-5-8;1-3-4-2;/h7-10,15-16,32,36H,11-14H2,1-6H3;8-9H,4-7H2,1-3H3;4-7H,1-3H3;1,3-4H2,2H3;/q+1;;;-1;+1/t24-,38?;;;;/m0..../s1. The number of aromatic nitrogens is 4. The maximum atomic E-state index is 14.9. The van der Waals surface area contributed by atoms with Crippen molar-refractivity contribution in [2.75, 3.05) is 62.2 Å². The summed E-state index contributed by atoms with van der Waals surface area (Å²) >= 11 is -0.647. The number of piperazine rings is 2. The van der Waals surface area contributed by atoms with Crippen LogP contribution in [0.3, 0.4) is 0 Å². The van der Waals surface area contributed by atoms with Gasteiger partial charge in [-0.15, -0.1) is 0 Å². The number of nitrogens with zero attached hydrogens (tertiary/aromatic N) is 9. The summed E-state index contributed by atoms with van der Waals surface area (Å²) in [4.78, 5) is 48.3. The number of carbonyl (C=O) groups excluding carboxylic acids is 2. The fraction of sp³-hybridized carbons (Fsp3) is 0.556. The van der Waals surface area contributed by atoms with Gasteiger partial charge in [0.05, 0.1) is 4.47 Å². The van der Waals surface area contributed by atoms with Crippen LogP contribution in [0.2, 0.25) is 0 Å². The number of anilines is 2. The monoisotopic (exact) mass is 1260 g/mol. The summed E-state index contributed by atoms with van der Waals surface area (Å²) in [5.41, 5.74) is -6.24. The third-order valence-corrected chi connectivity index (χ3v) is 14.5. The minimum Gasteiger partial charge on any atom is -0.591 e. The van der Waals surface area contributed by atoms with Gasteiger partial charge in [-0.3, -0.25) is 0 Å². The number of hydrogen-bond donors (Lipinski definition) is 2. The van der Waals surface area contributed by atoms with Crippen LogP contribution in [0.4, 0.5) is 56.6 Å². The van der Waals surface area contributed by atoms with Crippen LogP contribution in [-0.2, 0) is 37.7 Å². The van der Waals surface area contributed by atoms with E-state index in [0.717, 1.165) is 71.8 Å². The summed E-state index contributed by atoms with van der Waals surface area (Å²) in [5, 5.41) is 0. The van der Waals surface area contributed by atoms with Crippen LogP contribution >= 0.6 is 15.9 Å². The van der Waals surface area contributed by atoms with Gasteiger partial charge in [-0.25, -0.2) is 38.3 Å². The zero-order valence-corrected chi connectivity index (χ0v) is 52.2. The molecule has 2 unspecified atom stereocenters. The maximum absolute atomic E-state index is 14.9. The molecular formula is C54H75BrF8LiN10O6S2+. The molecule has 0 saturated carbocycles. The Morgan fingerprint density at radius 1 is 0.659 bits per heavy atom. The molecule has 4 aromatic rings. The van der Waals surface area contributed by atoms with Crippen LogP contribution in [0, 0.1) is 18.6 Å². The van der Waals surface area contributed by atoms with Crippen LogP contribution in [0.25, 0.3) is 0 Å². The molecule has 2 amide bonds. The van der Waals surface area contributed by atoms with Gasteiger partial charge < -0.3 is 40.5 Å². The summed E-state index contributed by atoms with van der Waals surface area (Å²) in [5.74, 6) is -0.452. The van der Waals surface area contributed by atoms with Crippen molar-refractivity contribution < 1.29 is 82.2 Å². The first-order valence-electron chi connectivity index (χ1n) is 25.6. The van der Waals surface area contributed by atoms with E-state index in [1.165, 1.54) is 27.2 Å². The summed E-state index contributed by atoms with van der Waals surface area (Å²) in [7, 11) is 0. The topological polar surface area (TPSA) is 185 Å². The van der Waals surface area contributed by atoms with E-state index in [1.54, 1.807) is 68.6 Å². The molecule has 6 rings (SSSR count). The molecule has 82 heavy (non-hydrogen) atoms. The Bertz CT molecular complexity index is 2610. The van der Waals surface area contributed by atoms with E-state index >= 15 is 0 Å². The molecule has 16 nitrogen and oxygen atoms in total. The van der Waals surface area contributed by atoms with Crippen molar-refractivity contribution in [1.29, 1.82) is 0 Å². The van der Waals surface area contributed by atoms with Crippen LogP contribution in [-0.4, -0.2) is 142 Å². The number of alkyl halides is 6. The molecule has 2 aliphatic rings. The third-order valence-electron chi connectivity index (χ3n) is 11.1. The van der Waals surface area contributed by atoms with Crippen molar-refractivity contribution in [2.24, 2.45) is 4.40 Å². The molecule has 2 N–H and O–H groups in total. The quantitative estimate of drug-likeness (QED) is 0.0532. The summed E-state index contributed by atoms with van der Waals surface area (Å²) in [6, 6.07) is 7.64. The number of benzene rings is 2. The second-order valence-electron chi connectivity index (χ2n) is 22.3. The van der Waals surface area contributed by atoms with Crippen molar-refractivity contribution >= 4 is 68.4 Å². The smallest absolute Gasteiger partial charge is 0.591 e. The SMILES string of the molecule is CC(C)(C)OC(=O)N1CCN(c2ncc(Br)cn2)CC1.CC(C)(C)OC(=O)N1CCN(c2ncc([C@@](N[S+](O)C(C)(C)C)(c3ccc(F)cc3)C(F)(F)F)cn2)CC1.CC(C)(C)[S+]([O-])N=C(c1ccc(F)cc1)C(F)(F)F.[CH2-]CCC.[Li+]. The maximum Gasteiger partial charge on any atom is 1.00 e. The van der Waals surface area contributed by atoms with Gasteiger partial charge in [-0.05, 0) is 141 Å². The molecule has 28 heteroatoms. The first-order valence-corrected chi connectivity index (χ1v) is 28.7. The normalized spacial score (nSPS) is 16.1. The Morgan fingerprint density at radius 2 is 1.02 bits per heavy atom. The van der Waals surface area contributed by atoms with Crippen LogP contribution < -0.4 is 33.4 Å². The van der Waals surface area contributed by atoms with Gasteiger partial charge in [0.1, 0.15) is 38.9 Å². The Kier molecular flexibility index (Phi) is 27.9. The molecular weight excluding hydrogens is 1190 g/mol. The van der Waals surface area contributed by atoms with E-state index in [0.29, 0.717) is 58.3 Å². The Hall–Kier alpha value is -4.49. The van der Waals surface area contributed by atoms with Crippen molar-refractivity contribution in [2.45, 2.75) is 141 Å². The van der Waals surface area contributed by atoms with Crippen molar-refractivity contribution in [3.8, 4) is 0 Å². The Morgan fingerprint density at radius 3 is 1.34 bits per heavy atom. The molecule has 0 spiro atoms. The van der Waals surface area contributed by atoms with Gasteiger partial charge in [0.25, 0.3) is 0 Å². The van der Waals surface area contributed by atoms with Gasteiger partial charge in [-0.1, -0.05) is 34.6 Å². The van der Waals surface area contributed by atoms with Crippen molar-refractivity contribution in [3.05, 3.63) is 113 Å². The number of carbonyl (C=O) groups is 2. The molecule has 4 heterocycles. The number of nitrogens with one attached hydrogen (secondary N) is 1. The number of ether oxygens (including phenoxy) is 2. The number of unbranched alkanes of at least 4 members (excludes halogenated alkanes) is 1. The van der Waals surface area contributed by atoms with E-state index in [4.69, 9.17) is 9.47 Å². The van der Waals surface area contributed by atoms with E-state index in [9.17, 15) is 53.8 Å². The van der Waals surface area contributed by atoms with Crippen LogP contribution in [0.15, 0.2) is 82.2 Å². The van der Waals surface area contributed by atoms with E-state index < -0.39 is 84.8 Å². The molecule has 0 aliphatic carbocycles. The van der Waals surface area contributed by atoms with Gasteiger partial charge in [0.2, 0.25) is 34.5 Å². The minimum atomic E-state index is -4.95.